The third-order valence-electron chi connectivity index (χ3n) is 3.03. The van der Waals surface area contributed by atoms with Crippen LogP contribution in [0.25, 0.3) is 0 Å². The van der Waals surface area contributed by atoms with Crippen molar-refractivity contribution in [3.8, 4) is 0 Å². The molecule has 1 rings (SSSR count). The molecule has 104 valence electrons. The molecule has 1 amide bonds. The largest absolute Gasteiger partial charge is 0.356 e. The predicted molar refractivity (Wildman–Crippen MR) is 77.2 cm³/mol. The lowest BCUT2D eigenvalue weighted by atomic mass is 10.1. The minimum Gasteiger partial charge on any atom is -0.356 e. The van der Waals surface area contributed by atoms with E-state index in [0.29, 0.717) is 5.56 Å². The maximum Gasteiger partial charge on any atom is 0.220 e. The summed E-state index contributed by atoms with van der Waals surface area (Å²) >= 11 is 0. The number of amides is 1. The lowest BCUT2D eigenvalue weighted by molar-refractivity contribution is -0.121. The van der Waals surface area contributed by atoms with Gasteiger partial charge in [0.1, 0.15) is 0 Å². The number of rotatable bonds is 9. The van der Waals surface area contributed by atoms with E-state index in [4.69, 9.17) is 0 Å². The van der Waals surface area contributed by atoms with Crippen LogP contribution in [-0.4, -0.2) is 18.2 Å². The van der Waals surface area contributed by atoms with E-state index in [2.05, 4.69) is 12.2 Å². The second kappa shape index (κ2) is 9.31. The molecule has 1 aromatic rings. The molecular formula is C16H23NO2. The summed E-state index contributed by atoms with van der Waals surface area (Å²) in [5.41, 5.74) is 0.679. The van der Waals surface area contributed by atoms with E-state index in [1.807, 2.05) is 18.2 Å². The van der Waals surface area contributed by atoms with Crippen LogP contribution in [0, 0.1) is 0 Å². The van der Waals surface area contributed by atoms with Gasteiger partial charge in [-0.3, -0.25) is 9.59 Å². The fraction of sp³-hybridized carbons (Fsp3) is 0.500. The van der Waals surface area contributed by atoms with Gasteiger partial charge in [-0.05, 0) is 6.42 Å². The number of ketones is 1. The van der Waals surface area contributed by atoms with Gasteiger partial charge in [-0.1, -0.05) is 56.5 Å². The number of hydrogen-bond donors (Lipinski definition) is 1. The van der Waals surface area contributed by atoms with E-state index in [9.17, 15) is 9.59 Å². The summed E-state index contributed by atoms with van der Waals surface area (Å²) in [6.45, 7) is 2.88. The highest BCUT2D eigenvalue weighted by atomic mass is 16.2. The van der Waals surface area contributed by atoms with Crippen molar-refractivity contribution in [1.29, 1.82) is 0 Å². The van der Waals surface area contributed by atoms with Gasteiger partial charge >= 0.3 is 0 Å². The van der Waals surface area contributed by atoms with Crippen LogP contribution in [0.5, 0.6) is 0 Å². The zero-order valence-corrected chi connectivity index (χ0v) is 11.7. The Balaban J connectivity index is 2.15. The van der Waals surface area contributed by atoms with E-state index < -0.39 is 0 Å². The molecule has 3 heteroatoms. The molecule has 0 fully saturated rings. The zero-order valence-electron chi connectivity index (χ0n) is 11.7. The first kappa shape index (κ1) is 15.4. The minimum absolute atomic E-state index is 0.0271. The third-order valence-corrected chi connectivity index (χ3v) is 3.03. The van der Waals surface area contributed by atoms with Gasteiger partial charge in [0.25, 0.3) is 0 Å². The van der Waals surface area contributed by atoms with Gasteiger partial charge in [0.15, 0.2) is 5.78 Å². The highest BCUT2D eigenvalue weighted by molar-refractivity contribution is 5.97. The molecule has 0 unspecified atom stereocenters. The van der Waals surface area contributed by atoms with E-state index in [-0.39, 0.29) is 24.5 Å². The van der Waals surface area contributed by atoms with E-state index in [1.54, 1.807) is 12.1 Å². The Labute approximate surface area is 115 Å². The first-order valence-electron chi connectivity index (χ1n) is 7.09. The van der Waals surface area contributed by atoms with Crippen molar-refractivity contribution in [3.63, 3.8) is 0 Å². The molecule has 1 aromatic carbocycles. The molecule has 0 bridgehead atoms. The molecule has 0 saturated heterocycles. The summed E-state index contributed by atoms with van der Waals surface area (Å²) < 4.78 is 0. The highest BCUT2D eigenvalue weighted by Gasteiger charge is 2.08. The highest BCUT2D eigenvalue weighted by Crippen LogP contribution is 2.05. The van der Waals surface area contributed by atoms with Crippen molar-refractivity contribution >= 4 is 11.7 Å². The number of unbranched alkanes of at least 4 members (excludes halogenated alkanes) is 3. The molecule has 0 aliphatic heterocycles. The monoisotopic (exact) mass is 261 g/mol. The van der Waals surface area contributed by atoms with Crippen molar-refractivity contribution in [1.82, 2.24) is 5.32 Å². The second-order valence-corrected chi connectivity index (χ2v) is 4.70. The maximum atomic E-state index is 11.8. The summed E-state index contributed by atoms with van der Waals surface area (Å²) in [6.07, 6.45) is 5.14. The van der Waals surface area contributed by atoms with Crippen LogP contribution in [0.4, 0.5) is 0 Å². The van der Waals surface area contributed by atoms with Gasteiger partial charge in [0.05, 0.1) is 0 Å². The van der Waals surface area contributed by atoms with Crippen LogP contribution < -0.4 is 5.32 Å². The number of Topliss-reactive ketones (excluding diaryl/α,β-unsaturated/α-hetero) is 1. The Morgan fingerprint density at radius 3 is 2.42 bits per heavy atom. The standard InChI is InChI=1S/C16H23NO2/c1-2-3-4-8-13-17-16(19)12-11-15(18)14-9-6-5-7-10-14/h5-7,9-10H,2-4,8,11-13H2,1H3,(H,17,19). The topological polar surface area (TPSA) is 46.2 Å². The Morgan fingerprint density at radius 2 is 1.74 bits per heavy atom. The van der Waals surface area contributed by atoms with E-state index in [0.717, 1.165) is 19.4 Å². The molecule has 0 aromatic heterocycles. The van der Waals surface area contributed by atoms with Crippen LogP contribution >= 0.6 is 0 Å². The summed E-state index contributed by atoms with van der Waals surface area (Å²) in [5, 5.41) is 2.86. The summed E-state index contributed by atoms with van der Waals surface area (Å²) in [7, 11) is 0. The molecule has 1 N–H and O–H groups in total. The van der Waals surface area contributed by atoms with Crippen LogP contribution in [0.1, 0.15) is 55.8 Å². The molecule has 0 radical (unpaired) electrons. The average Bonchev–Trinajstić information content (AvgIpc) is 2.45. The number of benzene rings is 1. The van der Waals surface area contributed by atoms with E-state index >= 15 is 0 Å². The van der Waals surface area contributed by atoms with Crippen LogP contribution in [-0.2, 0) is 4.79 Å². The van der Waals surface area contributed by atoms with Gasteiger partial charge < -0.3 is 5.32 Å². The molecule has 0 spiro atoms. The molecule has 0 aliphatic rings. The summed E-state index contributed by atoms with van der Waals surface area (Å²) in [6, 6.07) is 9.11. The Morgan fingerprint density at radius 1 is 1.00 bits per heavy atom. The number of carbonyl (C=O) groups excluding carboxylic acids is 2. The Kier molecular flexibility index (Phi) is 7.56. The van der Waals surface area contributed by atoms with Crippen LogP contribution in [0.3, 0.4) is 0 Å². The van der Waals surface area contributed by atoms with Crippen molar-refractivity contribution in [3.05, 3.63) is 35.9 Å². The number of carbonyl (C=O) groups is 2. The SMILES string of the molecule is CCCCCCNC(=O)CCC(=O)c1ccccc1. The minimum atomic E-state index is -0.0271. The van der Waals surface area contributed by atoms with Gasteiger partial charge in [-0.25, -0.2) is 0 Å². The van der Waals surface area contributed by atoms with Crippen LogP contribution in [0.15, 0.2) is 30.3 Å². The number of hydrogen-bond acceptors (Lipinski definition) is 2. The van der Waals surface area contributed by atoms with Gasteiger partial charge in [0.2, 0.25) is 5.91 Å². The first-order valence-corrected chi connectivity index (χ1v) is 7.09. The molecule has 0 aliphatic carbocycles. The zero-order chi connectivity index (χ0) is 13.9. The van der Waals surface area contributed by atoms with Gasteiger partial charge in [-0.2, -0.15) is 0 Å². The maximum absolute atomic E-state index is 11.8. The fourth-order valence-electron chi connectivity index (χ4n) is 1.86. The molecule has 3 nitrogen and oxygen atoms in total. The Hall–Kier alpha value is -1.64. The Bertz CT molecular complexity index is 387. The van der Waals surface area contributed by atoms with Gasteiger partial charge in [-0.15, -0.1) is 0 Å². The van der Waals surface area contributed by atoms with Crippen molar-refractivity contribution < 1.29 is 9.59 Å². The number of nitrogens with one attached hydrogen (secondary N) is 1. The smallest absolute Gasteiger partial charge is 0.220 e. The quantitative estimate of drug-likeness (QED) is 0.547. The normalized spacial score (nSPS) is 10.2. The molecule has 0 saturated carbocycles. The summed E-state index contributed by atoms with van der Waals surface area (Å²) in [5.74, 6) is 0.00233. The molecule has 0 heterocycles. The second-order valence-electron chi connectivity index (χ2n) is 4.70. The van der Waals surface area contributed by atoms with E-state index in [1.165, 1.54) is 12.8 Å². The lowest BCUT2D eigenvalue weighted by Gasteiger charge is -2.04. The fourth-order valence-corrected chi connectivity index (χ4v) is 1.86. The van der Waals surface area contributed by atoms with Crippen molar-refractivity contribution in [2.45, 2.75) is 45.4 Å². The summed E-state index contributed by atoms with van der Waals surface area (Å²) in [4.78, 5) is 23.3. The molecular weight excluding hydrogens is 238 g/mol. The lowest BCUT2D eigenvalue weighted by Crippen LogP contribution is -2.24. The first-order chi connectivity index (χ1) is 9.24. The average molecular weight is 261 g/mol. The van der Waals surface area contributed by atoms with Crippen molar-refractivity contribution in [2.75, 3.05) is 6.54 Å². The third kappa shape index (κ3) is 6.75. The molecule has 0 atom stereocenters. The molecule has 19 heavy (non-hydrogen) atoms. The van der Waals surface area contributed by atoms with Gasteiger partial charge in [0, 0.05) is 24.9 Å². The predicted octanol–water partition coefficient (Wildman–Crippen LogP) is 3.35. The van der Waals surface area contributed by atoms with Crippen molar-refractivity contribution in [2.24, 2.45) is 0 Å². The van der Waals surface area contributed by atoms with Crippen LogP contribution in [0.2, 0.25) is 0 Å².